The fraction of sp³-hybridized carbons (Fsp3) is 0.659. The van der Waals surface area contributed by atoms with Crippen LogP contribution in [0.25, 0.3) is 22.3 Å². The van der Waals surface area contributed by atoms with Gasteiger partial charge >= 0.3 is 12.1 Å². The molecule has 3 heterocycles. The van der Waals surface area contributed by atoms with E-state index >= 15 is 0 Å². The number of carbonyl (C=O) groups excluding carboxylic acids is 1. The number of likely N-dealkylation sites (tertiary alicyclic amines) is 1. The first-order valence-corrected chi connectivity index (χ1v) is 20.1. The fourth-order valence-electron chi connectivity index (χ4n) is 11.0. The number of hydrogen-bond donors (Lipinski definition) is 2. The van der Waals surface area contributed by atoms with Gasteiger partial charge in [-0.3, -0.25) is 14.5 Å². The van der Waals surface area contributed by atoms with Gasteiger partial charge in [0, 0.05) is 54.5 Å². The molecule has 5 saturated carbocycles. The van der Waals surface area contributed by atoms with Gasteiger partial charge in [-0.2, -0.15) is 13.2 Å². The van der Waals surface area contributed by atoms with E-state index in [4.69, 9.17) is 4.74 Å². The van der Waals surface area contributed by atoms with Crippen molar-refractivity contribution in [3.63, 3.8) is 0 Å². The van der Waals surface area contributed by atoms with E-state index < -0.39 is 35.2 Å². The van der Waals surface area contributed by atoms with Crippen LogP contribution in [0.5, 0.6) is 5.75 Å². The van der Waals surface area contributed by atoms with Crippen molar-refractivity contribution in [3.8, 4) is 17.1 Å². The van der Waals surface area contributed by atoms with Crippen molar-refractivity contribution < 1.29 is 41.4 Å². The molecule has 5 aliphatic carbocycles. The molecule has 1 saturated heterocycles. The van der Waals surface area contributed by atoms with E-state index in [0.717, 1.165) is 82.3 Å². The maximum Gasteiger partial charge on any atom is 0.434 e. The molecule has 2 aromatic heterocycles. The van der Waals surface area contributed by atoms with Crippen LogP contribution in [-0.4, -0.2) is 74.1 Å². The minimum Gasteiger partial charge on any atom is -0.490 e. The van der Waals surface area contributed by atoms with Crippen molar-refractivity contribution >= 4 is 22.8 Å². The summed E-state index contributed by atoms with van der Waals surface area (Å²) in [5.74, 6) is -2.68. The Morgan fingerprint density at radius 2 is 1.64 bits per heavy atom. The molecule has 2 bridgehead atoms. The SMILES string of the molecule is O=C(O)CC1CC2CC(CNC(=O)c3cnc(-c4cn(C5CC6(CC6)C5)c5cc(O[C@H]6CC[C@H](N7CC(F)(F)C7)CC6)ccc45)nc3C(F)(F)F)CC(C1)C2. The number of halogens is 5. The van der Waals surface area contributed by atoms with Gasteiger partial charge in [0.25, 0.3) is 11.8 Å². The number of nitrogens with zero attached hydrogens (tertiary/aromatic N) is 4. The second-order valence-corrected chi connectivity index (χ2v) is 17.9. The summed E-state index contributed by atoms with van der Waals surface area (Å²) in [6.07, 6.45) is 9.87. The lowest BCUT2D eigenvalue weighted by Crippen LogP contribution is -2.60. The van der Waals surface area contributed by atoms with Crippen LogP contribution in [0.15, 0.2) is 30.6 Å². The normalized spacial score (nSPS) is 30.1. The van der Waals surface area contributed by atoms with Gasteiger partial charge in [-0.1, -0.05) is 0 Å². The number of carboxylic acid groups (broad SMARTS) is 1. The lowest BCUT2D eigenvalue weighted by molar-refractivity contribution is -0.151. The number of carboxylic acids is 1. The second kappa shape index (κ2) is 13.7. The van der Waals surface area contributed by atoms with Crippen molar-refractivity contribution in [1.82, 2.24) is 24.8 Å². The van der Waals surface area contributed by atoms with Gasteiger partial charge in [0.15, 0.2) is 11.5 Å². The van der Waals surface area contributed by atoms with Gasteiger partial charge < -0.3 is 19.7 Å². The zero-order chi connectivity index (χ0) is 38.3. The van der Waals surface area contributed by atoms with Crippen LogP contribution in [0, 0.1) is 29.1 Å². The van der Waals surface area contributed by atoms with Gasteiger partial charge in [0.05, 0.1) is 30.3 Å². The minimum absolute atomic E-state index is 0.0536. The lowest BCUT2D eigenvalue weighted by Gasteiger charge is -2.46. The molecular weight excluding hydrogens is 721 g/mol. The molecule has 2 N–H and O–H groups in total. The predicted octanol–water partition coefficient (Wildman–Crippen LogP) is 8.52. The Bertz CT molecular complexity index is 1940. The first-order valence-electron chi connectivity index (χ1n) is 20.1. The summed E-state index contributed by atoms with van der Waals surface area (Å²) >= 11 is 0. The molecule has 2 unspecified atom stereocenters. The molecule has 1 aliphatic heterocycles. The number of carbonyl (C=O) groups is 2. The zero-order valence-corrected chi connectivity index (χ0v) is 30.8. The number of aliphatic carboxylic acids is 1. The molecule has 0 radical (unpaired) electrons. The fourth-order valence-corrected chi connectivity index (χ4v) is 11.0. The maximum absolute atomic E-state index is 14.6. The van der Waals surface area contributed by atoms with Crippen molar-refractivity contribution in [2.45, 2.75) is 120 Å². The van der Waals surface area contributed by atoms with Crippen molar-refractivity contribution in [3.05, 3.63) is 41.9 Å². The molecule has 14 heteroatoms. The van der Waals surface area contributed by atoms with Gasteiger partial charge in [-0.15, -0.1) is 0 Å². The maximum atomic E-state index is 14.6. The van der Waals surface area contributed by atoms with E-state index in [1.165, 1.54) is 12.8 Å². The number of alkyl halides is 5. The van der Waals surface area contributed by atoms with Crippen molar-refractivity contribution in [1.29, 1.82) is 0 Å². The molecule has 6 aliphatic rings. The average Bonchev–Trinajstić information content (AvgIpc) is 3.83. The molecule has 9 nitrogen and oxygen atoms in total. The molecule has 1 spiro atoms. The first-order chi connectivity index (χ1) is 26.2. The topological polar surface area (TPSA) is 110 Å². The number of aromatic nitrogens is 3. The van der Waals surface area contributed by atoms with Crippen molar-refractivity contribution in [2.24, 2.45) is 29.1 Å². The van der Waals surface area contributed by atoms with E-state index in [1.807, 2.05) is 29.3 Å². The number of amides is 1. The third-order valence-electron chi connectivity index (χ3n) is 13.7. The average molecular weight is 770 g/mol. The van der Waals surface area contributed by atoms with Gasteiger partial charge in [0.1, 0.15) is 5.75 Å². The van der Waals surface area contributed by atoms with E-state index in [-0.39, 0.29) is 61.9 Å². The van der Waals surface area contributed by atoms with E-state index in [1.54, 1.807) is 0 Å². The number of rotatable bonds is 10. The number of ether oxygens (including phenoxy) is 1. The molecule has 55 heavy (non-hydrogen) atoms. The Balaban J connectivity index is 0.919. The van der Waals surface area contributed by atoms with Crippen LogP contribution in [0.1, 0.15) is 112 Å². The predicted molar refractivity (Wildman–Crippen MR) is 193 cm³/mol. The quantitative estimate of drug-likeness (QED) is 0.199. The molecule has 1 aromatic carbocycles. The van der Waals surface area contributed by atoms with Crippen LogP contribution >= 0.6 is 0 Å². The third kappa shape index (κ3) is 7.56. The first kappa shape index (κ1) is 36.8. The Labute approximate surface area is 316 Å². The van der Waals surface area contributed by atoms with Gasteiger partial charge in [0.2, 0.25) is 0 Å². The molecule has 296 valence electrons. The zero-order valence-electron chi connectivity index (χ0n) is 30.8. The number of nitrogens with one attached hydrogen (secondary N) is 1. The summed E-state index contributed by atoms with van der Waals surface area (Å²) < 4.78 is 79.3. The summed E-state index contributed by atoms with van der Waals surface area (Å²) in [4.78, 5) is 34.8. The monoisotopic (exact) mass is 769 g/mol. The smallest absolute Gasteiger partial charge is 0.434 e. The molecule has 3 aromatic rings. The van der Waals surface area contributed by atoms with Crippen LogP contribution < -0.4 is 10.1 Å². The Morgan fingerprint density at radius 1 is 0.945 bits per heavy atom. The van der Waals surface area contributed by atoms with E-state index in [0.29, 0.717) is 33.9 Å². The molecule has 6 fully saturated rings. The van der Waals surface area contributed by atoms with Crippen LogP contribution in [0.3, 0.4) is 0 Å². The highest BCUT2D eigenvalue weighted by Crippen LogP contribution is 2.65. The molecule has 2 atom stereocenters. The largest absolute Gasteiger partial charge is 0.490 e. The van der Waals surface area contributed by atoms with Crippen LogP contribution in [0.2, 0.25) is 0 Å². The lowest BCUT2D eigenvalue weighted by atomic mass is 9.64. The third-order valence-corrected chi connectivity index (χ3v) is 13.7. The standard InChI is InChI=1S/C41H48F5N5O4/c42-40(43)21-50(22-40)27-1-3-29(4-2-27)55-30-5-6-31-33(20-51(34(31)15-30)28-16-39(17-28)7-8-39)37-47-19-32(36(49-37)41(44,45)46)38(54)48-18-26-12-23-9-24(13-26)11-25(10-23)14-35(52)53/h5-6,15,19-20,23-29H,1-4,7-14,16-18,21-22H2,(H,48,54)(H,52,53)/t23?,24?,25?,26?,27-,29-. The van der Waals surface area contributed by atoms with Crippen LogP contribution in [0.4, 0.5) is 22.0 Å². The minimum atomic E-state index is -4.90. The summed E-state index contributed by atoms with van der Waals surface area (Å²) in [7, 11) is 0. The Hall–Kier alpha value is -3.81. The van der Waals surface area contributed by atoms with Crippen LogP contribution in [-0.2, 0) is 11.0 Å². The molecular formula is C41H48F5N5O4. The highest BCUT2D eigenvalue weighted by atomic mass is 19.4. The van der Waals surface area contributed by atoms with Gasteiger partial charge in [-0.05, 0) is 125 Å². The second-order valence-electron chi connectivity index (χ2n) is 17.9. The Kier molecular flexibility index (Phi) is 9.16. The van der Waals surface area contributed by atoms with E-state index in [9.17, 15) is 36.6 Å². The van der Waals surface area contributed by atoms with Crippen molar-refractivity contribution in [2.75, 3.05) is 19.6 Å². The number of benzene rings is 1. The summed E-state index contributed by atoms with van der Waals surface area (Å²) in [5.41, 5.74) is -0.220. The number of hydrogen-bond acceptors (Lipinski definition) is 6. The summed E-state index contributed by atoms with van der Waals surface area (Å²) in [6.45, 7) is -0.103. The highest BCUT2D eigenvalue weighted by molar-refractivity contribution is 5.97. The Morgan fingerprint density at radius 3 is 2.27 bits per heavy atom. The van der Waals surface area contributed by atoms with Gasteiger partial charge in [-0.25, -0.2) is 18.7 Å². The summed E-state index contributed by atoms with van der Waals surface area (Å²) in [6, 6.07) is 5.94. The molecule has 9 rings (SSSR count). The highest BCUT2D eigenvalue weighted by Gasteiger charge is 2.54. The molecule has 1 amide bonds. The number of fused-ring (bicyclic) bond motifs is 3. The summed E-state index contributed by atoms with van der Waals surface area (Å²) in [5, 5.41) is 12.7. The van der Waals surface area contributed by atoms with E-state index in [2.05, 4.69) is 19.9 Å².